The van der Waals surface area contributed by atoms with Gasteiger partial charge in [0.15, 0.2) is 0 Å². The summed E-state index contributed by atoms with van der Waals surface area (Å²) in [6, 6.07) is 0. The van der Waals surface area contributed by atoms with E-state index in [2.05, 4.69) is 18.7 Å². The van der Waals surface area contributed by atoms with Crippen molar-refractivity contribution >= 4 is 6.29 Å². The van der Waals surface area contributed by atoms with E-state index in [1.165, 1.54) is 19.5 Å². The Morgan fingerprint density at radius 1 is 1.58 bits per heavy atom. The minimum Gasteiger partial charge on any atom is -0.303 e. The first-order valence-electron chi connectivity index (χ1n) is 4.88. The van der Waals surface area contributed by atoms with Crippen molar-refractivity contribution in [3.63, 3.8) is 0 Å². The number of hydrogen-bond donors (Lipinski definition) is 0. The van der Waals surface area contributed by atoms with Crippen LogP contribution < -0.4 is 0 Å². The van der Waals surface area contributed by atoms with E-state index in [1.54, 1.807) is 0 Å². The van der Waals surface area contributed by atoms with Gasteiger partial charge in [0, 0.05) is 19.5 Å². The van der Waals surface area contributed by atoms with Crippen LogP contribution >= 0.6 is 0 Å². The molecule has 1 unspecified atom stereocenters. The van der Waals surface area contributed by atoms with E-state index in [0.29, 0.717) is 5.92 Å². The van der Waals surface area contributed by atoms with E-state index in [4.69, 9.17) is 0 Å². The normalized spacial score (nSPS) is 25.1. The Balaban J connectivity index is 2.21. The average molecular weight is 169 g/mol. The molecule has 2 heteroatoms. The number of likely N-dealkylation sites (tertiary alicyclic amines) is 1. The minimum absolute atomic E-state index is 0.640. The van der Waals surface area contributed by atoms with Gasteiger partial charge in [0.25, 0.3) is 0 Å². The lowest BCUT2D eigenvalue weighted by Gasteiger charge is -2.17. The van der Waals surface area contributed by atoms with Crippen LogP contribution in [0.1, 0.15) is 26.7 Å². The summed E-state index contributed by atoms with van der Waals surface area (Å²) in [5, 5.41) is 0. The van der Waals surface area contributed by atoms with Crippen molar-refractivity contribution in [2.75, 3.05) is 19.6 Å². The summed E-state index contributed by atoms with van der Waals surface area (Å²) >= 11 is 0. The lowest BCUT2D eigenvalue weighted by molar-refractivity contribution is -0.108. The van der Waals surface area contributed by atoms with Gasteiger partial charge in [-0.25, -0.2) is 0 Å². The molecule has 12 heavy (non-hydrogen) atoms. The zero-order chi connectivity index (χ0) is 8.97. The summed E-state index contributed by atoms with van der Waals surface area (Å²) in [7, 11) is 0. The Labute approximate surface area is 74.9 Å². The van der Waals surface area contributed by atoms with Crippen molar-refractivity contribution in [1.29, 1.82) is 0 Å². The molecule has 2 nitrogen and oxygen atoms in total. The smallest absolute Gasteiger partial charge is 0.120 e. The summed E-state index contributed by atoms with van der Waals surface area (Å²) in [5.41, 5.74) is 0. The molecule has 0 saturated carbocycles. The van der Waals surface area contributed by atoms with Crippen LogP contribution in [0.4, 0.5) is 0 Å². The first-order chi connectivity index (χ1) is 5.72. The van der Waals surface area contributed by atoms with Gasteiger partial charge >= 0.3 is 0 Å². The molecular formula is C10H19NO. The molecule has 0 aromatic rings. The van der Waals surface area contributed by atoms with Crippen LogP contribution in [0.5, 0.6) is 0 Å². The Morgan fingerprint density at radius 2 is 2.33 bits per heavy atom. The monoisotopic (exact) mass is 169 g/mol. The molecule has 0 N–H and O–H groups in total. The largest absolute Gasteiger partial charge is 0.303 e. The maximum absolute atomic E-state index is 10.3. The highest BCUT2D eigenvalue weighted by molar-refractivity contribution is 5.49. The second-order valence-electron chi connectivity index (χ2n) is 4.21. The third-order valence-corrected chi connectivity index (χ3v) is 2.42. The van der Waals surface area contributed by atoms with Crippen molar-refractivity contribution < 1.29 is 4.79 Å². The summed E-state index contributed by atoms with van der Waals surface area (Å²) in [4.78, 5) is 12.7. The van der Waals surface area contributed by atoms with E-state index in [9.17, 15) is 4.79 Å². The molecule has 0 spiro atoms. The Morgan fingerprint density at radius 3 is 2.92 bits per heavy atom. The van der Waals surface area contributed by atoms with Crippen molar-refractivity contribution in [3.8, 4) is 0 Å². The summed E-state index contributed by atoms with van der Waals surface area (Å²) in [6.45, 7) is 8.00. The second kappa shape index (κ2) is 4.61. The molecule has 0 aromatic heterocycles. The van der Waals surface area contributed by atoms with E-state index >= 15 is 0 Å². The Hall–Kier alpha value is -0.370. The zero-order valence-electron chi connectivity index (χ0n) is 8.12. The van der Waals surface area contributed by atoms with E-state index < -0.39 is 0 Å². The van der Waals surface area contributed by atoms with Gasteiger partial charge in [-0.3, -0.25) is 0 Å². The predicted molar refractivity (Wildman–Crippen MR) is 50.1 cm³/mol. The van der Waals surface area contributed by atoms with Gasteiger partial charge < -0.3 is 9.69 Å². The molecule has 1 fully saturated rings. The fourth-order valence-electron chi connectivity index (χ4n) is 1.92. The van der Waals surface area contributed by atoms with Gasteiger partial charge in [-0.1, -0.05) is 13.8 Å². The third kappa shape index (κ3) is 2.94. The fourth-order valence-corrected chi connectivity index (χ4v) is 1.92. The van der Waals surface area contributed by atoms with Crippen LogP contribution in [0.3, 0.4) is 0 Å². The average Bonchev–Trinajstić information content (AvgIpc) is 2.36. The Bertz CT molecular complexity index is 145. The van der Waals surface area contributed by atoms with Crippen LogP contribution in [-0.2, 0) is 4.79 Å². The van der Waals surface area contributed by atoms with Crippen LogP contribution in [0.2, 0.25) is 0 Å². The van der Waals surface area contributed by atoms with Gasteiger partial charge in [0.05, 0.1) is 0 Å². The predicted octanol–water partition coefficient (Wildman–Crippen LogP) is 1.55. The van der Waals surface area contributed by atoms with Crippen LogP contribution in [0.15, 0.2) is 0 Å². The lowest BCUT2D eigenvalue weighted by Crippen LogP contribution is -2.25. The highest BCUT2D eigenvalue weighted by atomic mass is 16.1. The van der Waals surface area contributed by atoms with Crippen LogP contribution in [0, 0.1) is 11.8 Å². The van der Waals surface area contributed by atoms with E-state index in [1.807, 2.05) is 0 Å². The topological polar surface area (TPSA) is 20.3 Å². The fraction of sp³-hybridized carbons (Fsp3) is 0.900. The molecule has 0 bridgehead atoms. The molecule has 1 aliphatic heterocycles. The molecule has 1 aliphatic rings. The number of carbonyl (C=O) groups is 1. The number of rotatable bonds is 4. The maximum Gasteiger partial charge on any atom is 0.120 e. The second-order valence-corrected chi connectivity index (χ2v) is 4.21. The lowest BCUT2D eigenvalue weighted by atomic mass is 10.1. The standard InChI is InChI=1S/C10H19NO/c1-9(2)7-11-5-3-10(8-11)4-6-12/h6,9-10H,3-5,7-8H2,1-2H3. The number of nitrogens with zero attached hydrogens (tertiary/aromatic N) is 1. The molecule has 1 rings (SSSR count). The summed E-state index contributed by atoms with van der Waals surface area (Å²) in [6.07, 6.45) is 3.03. The van der Waals surface area contributed by atoms with Crippen molar-refractivity contribution in [1.82, 2.24) is 4.90 Å². The molecule has 1 saturated heterocycles. The summed E-state index contributed by atoms with van der Waals surface area (Å²) in [5.74, 6) is 1.39. The SMILES string of the molecule is CC(C)CN1CCC(CC=O)C1. The van der Waals surface area contributed by atoms with Crippen molar-refractivity contribution in [2.45, 2.75) is 26.7 Å². The number of hydrogen-bond acceptors (Lipinski definition) is 2. The van der Waals surface area contributed by atoms with Gasteiger partial charge in [-0.05, 0) is 24.8 Å². The first-order valence-corrected chi connectivity index (χ1v) is 4.88. The molecule has 70 valence electrons. The maximum atomic E-state index is 10.3. The van der Waals surface area contributed by atoms with Gasteiger partial charge in [0.2, 0.25) is 0 Å². The van der Waals surface area contributed by atoms with Crippen molar-refractivity contribution in [3.05, 3.63) is 0 Å². The van der Waals surface area contributed by atoms with E-state index in [-0.39, 0.29) is 0 Å². The Kier molecular flexibility index (Phi) is 3.73. The van der Waals surface area contributed by atoms with E-state index in [0.717, 1.165) is 25.2 Å². The minimum atomic E-state index is 0.640. The number of aldehydes is 1. The van der Waals surface area contributed by atoms with Gasteiger partial charge in [-0.15, -0.1) is 0 Å². The molecule has 0 amide bonds. The molecule has 1 heterocycles. The molecule has 1 atom stereocenters. The molecule has 0 aliphatic carbocycles. The van der Waals surface area contributed by atoms with Crippen molar-refractivity contribution in [2.24, 2.45) is 11.8 Å². The highest BCUT2D eigenvalue weighted by Gasteiger charge is 2.21. The van der Waals surface area contributed by atoms with Gasteiger partial charge in [-0.2, -0.15) is 0 Å². The first kappa shape index (κ1) is 9.72. The zero-order valence-corrected chi connectivity index (χ0v) is 8.12. The molecule has 0 aromatic carbocycles. The molecular weight excluding hydrogens is 150 g/mol. The quantitative estimate of drug-likeness (QED) is 0.595. The summed E-state index contributed by atoms with van der Waals surface area (Å²) < 4.78 is 0. The third-order valence-electron chi connectivity index (χ3n) is 2.42. The van der Waals surface area contributed by atoms with Gasteiger partial charge in [0.1, 0.15) is 6.29 Å². The van der Waals surface area contributed by atoms with Crippen LogP contribution in [0.25, 0.3) is 0 Å². The number of carbonyl (C=O) groups excluding carboxylic acids is 1. The highest BCUT2D eigenvalue weighted by Crippen LogP contribution is 2.19. The molecule has 0 radical (unpaired) electrons. The van der Waals surface area contributed by atoms with Crippen LogP contribution in [-0.4, -0.2) is 30.8 Å².